The van der Waals surface area contributed by atoms with E-state index < -0.39 is 5.97 Å². The maximum atomic E-state index is 10.6. The minimum atomic E-state index is -1.14. The van der Waals surface area contributed by atoms with Crippen LogP contribution in [0, 0.1) is 6.92 Å². The number of benzene rings is 2. The molecule has 2 rings (SSSR count). The predicted octanol–water partition coefficient (Wildman–Crippen LogP) is 2.03. The SMILES string of the molecule is Cc1ccccc1-c1ccc(C(=O)[O-])cc1. The molecule has 0 spiro atoms. The van der Waals surface area contributed by atoms with Gasteiger partial charge >= 0.3 is 0 Å². The van der Waals surface area contributed by atoms with E-state index in [1.807, 2.05) is 31.2 Å². The summed E-state index contributed by atoms with van der Waals surface area (Å²) in [6.07, 6.45) is 0. The Hall–Kier alpha value is -2.09. The number of carbonyl (C=O) groups is 1. The summed E-state index contributed by atoms with van der Waals surface area (Å²) in [6, 6.07) is 14.7. The second-order valence-electron chi connectivity index (χ2n) is 3.68. The minimum Gasteiger partial charge on any atom is -0.545 e. The minimum absolute atomic E-state index is 0.206. The molecule has 2 nitrogen and oxygen atoms in total. The van der Waals surface area contributed by atoms with Crippen LogP contribution in [-0.2, 0) is 0 Å². The van der Waals surface area contributed by atoms with Crippen LogP contribution in [0.15, 0.2) is 48.5 Å². The molecule has 0 unspecified atom stereocenters. The van der Waals surface area contributed by atoms with Gasteiger partial charge in [-0.05, 0) is 29.2 Å². The standard InChI is InChI=1S/C14H12O2/c1-10-4-2-3-5-13(10)11-6-8-12(9-7-11)14(15)16/h2-9H,1H3,(H,15,16)/p-1. The number of aryl methyl sites for hydroxylation is 1. The van der Waals surface area contributed by atoms with Crippen molar-refractivity contribution in [2.45, 2.75) is 6.92 Å². The van der Waals surface area contributed by atoms with E-state index in [2.05, 4.69) is 0 Å². The third kappa shape index (κ3) is 1.96. The van der Waals surface area contributed by atoms with Crippen LogP contribution in [0.25, 0.3) is 11.1 Å². The average molecular weight is 211 g/mol. The Morgan fingerprint density at radius 3 is 2.19 bits per heavy atom. The molecule has 0 N–H and O–H groups in total. The smallest absolute Gasteiger partial charge is 0.0715 e. The van der Waals surface area contributed by atoms with Crippen molar-refractivity contribution in [2.75, 3.05) is 0 Å². The fourth-order valence-corrected chi connectivity index (χ4v) is 1.68. The molecule has 0 aliphatic carbocycles. The monoisotopic (exact) mass is 211 g/mol. The molecule has 0 aliphatic heterocycles. The van der Waals surface area contributed by atoms with Crippen LogP contribution in [0.5, 0.6) is 0 Å². The molecule has 0 heterocycles. The van der Waals surface area contributed by atoms with Crippen LogP contribution >= 0.6 is 0 Å². The highest BCUT2D eigenvalue weighted by Crippen LogP contribution is 2.22. The number of aromatic carboxylic acids is 1. The van der Waals surface area contributed by atoms with Crippen molar-refractivity contribution in [3.05, 3.63) is 59.7 Å². The summed E-state index contributed by atoms with van der Waals surface area (Å²) in [6.45, 7) is 2.03. The van der Waals surface area contributed by atoms with Gasteiger partial charge in [-0.15, -0.1) is 0 Å². The summed E-state index contributed by atoms with van der Waals surface area (Å²) in [5.41, 5.74) is 3.51. The van der Waals surface area contributed by atoms with E-state index in [9.17, 15) is 9.90 Å². The summed E-state index contributed by atoms with van der Waals surface area (Å²) in [7, 11) is 0. The highest BCUT2D eigenvalue weighted by molar-refractivity contribution is 5.86. The highest BCUT2D eigenvalue weighted by atomic mass is 16.4. The highest BCUT2D eigenvalue weighted by Gasteiger charge is 2.00. The van der Waals surface area contributed by atoms with E-state index in [4.69, 9.17) is 0 Å². The quantitative estimate of drug-likeness (QED) is 0.762. The maximum absolute atomic E-state index is 10.6. The van der Waals surface area contributed by atoms with Crippen LogP contribution in [0.2, 0.25) is 0 Å². The Bertz CT molecular complexity index is 513. The van der Waals surface area contributed by atoms with E-state index >= 15 is 0 Å². The molecule has 2 aromatic rings. The molecular weight excluding hydrogens is 200 g/mol. The Kier molecular flexibility index (Phi) is 2.73. The van der Waals surface area contributed by atoms with Crippen molar-refractivity contribution in [3.63, 3.8) is 0 Å². The second kappa shape index (κ2) is 4.19. The summed E-state index contributed by atoms with van der Waals surface area (Å²) in [4.78, 5) is 10.6. The zero-order chi connectivity index (χ0) is 11.5. The van der Waals surface area contributed by atoms with E-state index in [0.29, 0.717) is 0 Å². The third-order valence-corrected chi connectivity index (χ3v) is 2.58. The summed E-state index contributed by atoms with van der Waals surface area (Å²) in [5.74, 6) is -1.14. The Labute approximate surface area is 94.2 Å². The predicted molar refractivity (Wildman–Crippen MR) is 60.9 cm³/mol. The van der Waals surface area contributed by atoms with Crippen LogP contribution in [-0.4, -0.2) is 5.97 Å². The number of hydrogen-bond acceptors (Lipinski definition) is 2. The molecule has 0 radical (unpaired) electrons. The largest absolute Gasteiger partial charge is 0.545 e. The lowest BCUT2D eigenvalue weighted by Crippen LogP contribution is -2.21. The van der Waals surface area contributed by atoms with Crippen molar-refractivity contribution < 1.29 is 9.90 Å². The van der Waals surface area contributed by atoms with Gasteiger partial charge < -0.3 is 9.90 Å². The molecule has 0 atom stereocenters. The van der Waals surface area contributed by atoms with E-state index in [1.165, 1.54) is 5.56 Å². The Morgan fingerprint density at radius 2 is 1.62 bits per heavy atom. The average Bonchev–Trinajstić information content (AvgIpc) is 2.30. The van der Waals surface area contributed by atoms with Crippen molar-refractivity contribution in [2.24, 2.45) is 0 Å². The molecule has 0 saturated carbocycles. The van der Waals surface area contributed by atoms with E-state index in [-0.39, 0.29) is 5.56 Å². The number of rotatable bonds is 2. The summed E-state index contributed by atoms with van der Waals surface area (Å²) >= 11 is 0. The molecule has 0 saturated heterocycles. The first kappa shape index (κ1) is 10.4. The second-order valence-corrected chi connectivity index (χ2v) is 3.68. The van der Waals surface area contributed by atoms with Crippen molar-refractivity contribution in [1.29, 1.82) is 0 Å². The fourth-order valence-electron chi connectivity index (χ4n) is 1.68. The Morgan fingerprint density at radius 1 is 1.00 bits per heavy atom. The van der Waals surface area contributed by atoms with Gasteiger partial charge in [0.15, 0.2) is 0 Å². The molecule has 80 valence electrons. The molecule has 2 heteroatoms. The van der Waals surface area contributed by atoms with Gasteiger partial charge in [-0.2, -0.15) is 0 Å². The number of carboxylic acid groups (broad SMARTS) is 1. The van der Waals surface area contributed by atoms with Gasteiger partial charge in [-0.3, -0.25) is 0 Å². The van der Waals surface area contributed by atoms with Crippen molar-refractivity contribution in [1.82, 2.24) is 0 Å². The number of hydrogen-bond donors (Lipinski definition) is 0. The van der Waals surface area contributed by atoms with Gasteiger partial charge in [-0.1, -0.05) is 48.5 Å². The molecular formula is C14H11O2-. The number of carboxylic acids is 1. The van der Waals surface area contributed by atoms with Gasteiger partial charge in [0, 0.05) is 0 Å². The van der Waals surface area contributed by atoms with Gasteiger partial charge in [0.25, 0.3) is 0 Å². The topological polar surface area (TPSA) is 40.1 Å². The normalized spacial score (nSPS) is 10.1. The summed E-state index contributed by atoms with van der Waals surface area (Å²) < 4.78 is 0. The zero-order valence-corrected chi connectivity index (χ0v) is 8.94. The lowest BCUT2D eigenvalue weighted by Gasteiger charge is -2.07. The van der Waals surface area contributed by atoms with Crippen LogP contribution in [0.3, 0.4) is 0 Å². The van der Waals surface area contributed by atoms with Gasteiger partial charge in [0.1, 0.15) is 0 Å². The van der Waals surface area contributed by atoms with Crippen LogP contribution < -0.4 is 5.11 Å². The lowest BCUT2D eigenvalue weighted by atomic mass is 10.00. The summed E-state index contributed by atoms with van der Waals surface area (Å²) in [5, 5.41) is 10.6. The zero-order valence-electron chi connectivity index (χ0n) is 8.94. The van der Waals surface area contributed by atoms with E-state index in [0.717, 1.165) is 11.1 Å². The van der Waals surface area contributed by atoms with E-state index in [1.54, 1.807) is 24.3 Å². The lowest BCUT2D eigenvalue weighted by molar-refractivity contribution is -0.255. The molecule has 16 heavy (non-hydrogen) atoms. The van der Waals surface area contributed by atoms with Gasteiger partial charge in [0.2, 0.25) is 0 Å². The first-order chi connectivity index (χ1) is 7.68. The van der Waals surface area contributed by atoms with Crippen molar-refractivity contribution in [3.8, 4) is 11.1 Å². The van der Waals surface area contributed by atoms with Gasteiger partial charge in [-0.25, -0.2) is 0 Å². The molecule has 0 amide bonds. The fraction of sp³-hybridized carbons (Fsp3) is 0.0714. The maximum Gasteiger partial charge on any atom is 0.0715 e. The van der Waals surface area contributed by atoms with Crippen LogP contribution in [0.1, 0.15) is 15.9 Å². The van der Waals surface area contributed by atoms with Gasteiger partial charge in [0.05, 0.1) is 5.97 Å². The number of carbonyl (C=O) groups excluding carboxylic acids is 1. The Balaban J connectivity index is 2.43. The molecule has 0 fully saturated rings. The first-order valence-corrected chi connectivity index (χ1v) is 5.06. The van der Waals surface area contributed by atoms with Crippen LogP contribution in [0.4, 0.5) is 0 Å². The molecule has 0 aliphatic rings. The third-order valence-electron chi connectivity index (χ3n) is 2.58. The first-order valence-electron chi connectivity index (χ1n) is 5.06. The molecule has 0 bridgehead atoms. The van der Waals surface area contributed by atoms with Crippen molar-refractivity contribution >= 4 is 5.97 Å². The molecule has 2 aromatic carbocycles. The molecule has 0 aromatic heterocycles.